The number of aryl methyl sites for hydroxylation is 1. The van der Waals surface area contributed by atoms with Crippen molar-refractivity contribution in [3.05, 3.63) is 82.9 Å². The van der Waals surface area contributed by atoms with E-state index in [1.54, 1.807) is 19.1 Å². The van der Waals surface area contributed by atoms with E-state index in [2.05, 4.69) is 5.32 Å². The second-order valence-electron chi connectivity index (χ2n) is 9.83. The lowest BCUT2D eigenvalue weighted by molar-refractivity contribution is -0.139. The molecule has 0 heterocycles. The summed E-state index contributed by atoms with van der Waals surface area (Å²) in [6.45, 7) is 5.66. The number of sulfonamides is 1. The lowest BCUT2D eigenvalue weighted by Crippen LogP contribution is -2.51. The molecule has 0 aliphatic heterocycles. The number of anilines is 1. The summed E-state index contributed by atoms with van der Waals surface area (Å²) in [4.78, 5) is 28.4. The molecule has 3 aromatic rings. The number of carbonyl (C=O) groups excluding carboxylic acids is 2. The second kappa shape index (κ2) is 14.9. The van der Waals surface area contributed by atoms with Gasteiger partial charge < -0.3 is 19.7 Å². The fourth-order valence-corrected chi connectivity index (χ4v) is 5.81. The van der Waals surface area contributed by atoms with E-state index in [0.29, 0.717) is 17.3 Å². The molecular weight excluding hydrogens is 578 g/mol. The molecule has 0 radical (unpaired) electrons. The van der Waals surface area contributed by atoms with Crippen LogP contribution in [-0.4, -0.2) is 58.5 Å². The Morgan fingerprint density at radius 1 is 0.952 bits per heavy atom. The van der Waals surface area contributed by atoms with Crippen LogP contribution in [0.1, 0.15) is 37.8 Å². The normalized spacial score (nSPS) is 11.9. The smallest absolute Gasteiger partial charge is 0.264 e. The van der Waals surface area contributed by atoms with Crippen molar-refractivity contribution in [3.63, 3.8) is 0 Å². The molecule has 0 aliphatic rings. The van der Waals surface area contributed by atoms with Gasteiger partial charge in [0.05, 0.1) is 24.8 Å². The molecule has 0 saturated carbocycles. The van der Waals surface area contributed by atoms with E-state index in [4.69, 9.17) is 21.1 Å². The monoisotopic (exact) mass is 615 g/mol. The third-order valence-electron chi connectivity index (χ3n) is 6.81. The average Bonchev–Trinajstić information content (AvgIpc) is 2.99. The van der Waals surface area contributed by atoms with Crippen LogP contribution in [0, 0.1) is 6.92 Å². The molecule has 0 spiro atoms. The standard InChI is InChI=1S/C31H38ClN3O6S/c1-6-7-18-33-31(37)23(3)34(20-24-10-8-22(2)9-11-24)30(36)21-35(26-14-12-25(32)13-15-26)42(38,39)27-16-17-28(40-4)29(19-27)41-5/h8-17,19,23H,6-7,18,20-21H2,1-5H3,(H,33,37)/t23-/m1/s1. The zero-order chi connectivity index (χ0) is 30.9. The predicted molar refractivity (Wildman–Crippen MR) is 165 cm³/mol. The van der Waals surface area contributed by atoms with Crippen molar-refractivity contribution >= 4 is 39.1 Å². The molecule has 0 fully saturated rings. The van der Waals surface area contributed by atoms with E-state index in [1.165, 1.54) is 49.5 Å². The van der Waals surface area contributed by atoms with E-state index >= 15 is 0 Å². The highest BCUT2D eigenvalue weighted by atomic mass is 35.5. The minimum Gasteiger partial charge on any atom is -0.493 e. The van der Waals surface area contributed by atoms with Gasteiger partial charge in [-0.1, -0.05) is 54.8 Å². The number of unbranched alkanes of at least 4 members (excludes halogenated alkanes) is 1. The Bertz CT molecular complexity index is 1460. The van der Waals surface area contributed by atoms with E-state index in [0.717, 1.165) is 28.3 Å². The molecule has 1 N–H and O–H groups in total. The van der Waals surface area contributed by atoms with Gasteiger partial charge in [0.2, 0.25) is 11.8 Å². The first-order valence-corrected chi connectivity index (χ1v) is 15.5. The third-order valence-corrected chi connectivity index (χ3v) is 8.83. The molecule has 0 aromatic heterocycles. The number of amides is 2. The number of hydrogen-bond donors (Lipinski definition) is 1. The lowest BCUT2D eigenvalue weighted by Gasteiger charge is -2.32. The zero-order valence-corrected chi connectivity index (χ0v) is 26.2. The van der Waals surface area contributed by atoms with Crippen LogP contribution in [0.15, 0.2) is 71.6 Å². The number of nitrogens with zero attached hydrogens (tertiary/aromatic N) is 2. The van der Waals surface area contributed by atoms with Crippen molar-refractivity contribution in [2.75, 3.05) is 31.6 Å². The Balaban J connectivity index is 2.03. The number of ether oxygens (including phenoxy) is 2. The average molecular weight is 616 g/mol. The third kappa shape index (κ3) is 8.17. The number of methoxy groups -OCH3 is 2. The highest BCUT2D eigenvalue weighted by molar-refractivity contribution is 7.92. The van der Waals surface area contributed by atoms with Crippen LogP contribution in [0.2, 0.25) is 5.02 Å². The van der Waals surface area contributed by atoms with Gasteiger partial charge in [-0.05, 0) is 62.2 Å². The Hall–Kier alpha value is -3.76. The van der Waals surface area contributed by atoms with Crippen LogP contribution in [0.25, 0.3) is 0 Å². The van der Waals surface area contributed by atoms with Gasteiger partial charge in [-0.15, -0.1) is 0 Å². The van der Waals surface area contributed by atoms with Crippen LogP contribution in [0.3, 0.4) is 0 Å². The van der Waals surface area contributed by atoms with Gasteiger partial charge in [0.15, 0.2) is 11.5 Å². The molecular formula is C31H38ClN3O6S. The summed E-state index contributed by atoms with van der Waals surface area (Å²) in [5.41, 5.74) is 2.10. The largest absolute Gasteiger partial charge is 0.493 e. The molecule has 0 aliphatic carbocycles. The maximum atomic E-state index is 14.1. The van der Waals surface area contributed by atoms with Crippen LogP contribution in [0.5, 0.6) is 11.5 Å². The number of nitrogens with one attached hydrogen (secondary N) is 1. The fraction of sp³-hybridized carbons (Fsp3) is 0.355. The van der Waals surface area contributed by atoms with Crippen molar-refractivity contribution in [1.29, 1.82) is 0 Å². The van der Waals surface area contributed by atoms with Gasteiger partial charge in [-0.2, -0.15) is 0 Å². The van der Waals surface area contributed by atoms with Crippen LogP contribution >= 0.6 is 11.6 Å². The summed E-state index contributed by atoms with van der Waals surface area (Å²) in [6.07, 6.45) is 1.71. The van der Waals surface area contributed by atoms with Crippen molar-refractivity contribution in [3.8, 4) is 11.5 Å². The first-order chi connectivity index (χ1) is 20.0. The lowest BCUT2D eigenvalue weighted by atomic mass is 10.1. The summed E-state index contributed by atoms with van der Waals surface area (Å²) < 4.78 is 39.7. The molecule has 9 nitrogen and oxygen atoms in total. The van der Waals surface area contributed by atoms with Crippen molar-refractivity contribution in [2.45, 2.75) is 51.1 Å². The minimum absolute atomic E-state index is 0.0988. The summed E-state index contributed by atoms with van der Waals surface area (Å²) >= 11 is 6.09. The predicted octanol–water partition coefficient (Wildman–Crippen LogP) is 5.19. The van der Waals surface area contributed by atoms with Gasteiger partial charge >= 0.3 is 0 Å². The Morgan fingerprint density at radius 2 is 1.60 bits per heavy atom. The molecule has 1 atom stereocenters. The van der Waals surface area contributed by atoms with E-state index in [1.807, 2.05) is 38.1 Å². The fourth-order valence-electron chi connectivity index (χ4n) is 4.25. The zero-order valence-electron chi connectivity index (χ0n) is 24.6. The molecule has 0 bridgehead atoms. The molecule has 226 valence electrons. The van der Waals surface area contributed by atoms with Crippen molar-refractivity contribution < 1.29 is 27.5 Å². The summed E-state index contributed by atoms with van der Waals surface area (Å²) in [5.74, 6) is -0.283. The molecule has 3 aromatic carbocycles. The number of hydrogen-bond acceptors (Lipinski definition) is 6. The van der Waals surface area contributed by atoms with E-state index in [9.17, 15) is 18.0 Å². The molecule has 42 heavy (non-hydrogen) atoms. The van der Waals surface area contributed by atoms with Gasteiger partial charge in [0, 0.05) is 24.2 Å². The number of benzene rings is 3. The van der Waals surface area contributed by atoms with Gasteiger partial charge in [0.1, 0.15) is 12.6 Å². The van der Waals surface area contributed by atoms with E-state index in [-0.39, 0.29) is 28.8 Å². The van der Waals surface area contributed by atoms with Gasteiger partial charge in [-0.25, -0.2) is 8.42 Å². The molecule has 0 saturated heterocycles. The Kier molecular flexibility index (Phi) is 11.6. The summed E-state index contributed by atoms with van der Waals surface area (Å²) in [6, 6.07) is 17.1. The number of carbonyl (C=O) groups is 2. The molecule has 11 heteroatoms. The maximum Gasteiger partial charge on any atom is 0.264 e. The van der Waals surface area contributed by atoms with Crippen LogP contribution in [-0.2, 0) is 26.2 Å². The van der Waals surface area contributed by atoms with Crippen LogP contribution in [0.4, 0.5) is 5.69 Å². The number of rotatable bonds is 14. The number of halogens is 1. The molecule has 0 unspecified atom stereocenters. The van der Waals surface area contributed by atoms with Crippen molar-refractivity contribution in [1.82, 2.24) is 10.2 Å². The molecule has 2 amide bonds. The first-order valence-electron chi connectivity index (χ1n) is 13.6. The highest BCUT2D eigenvalue weighted by Gasteiger charge is 2.33. The highest BCUT2D eigenvalue weighted by Crippen LogP contribution is 2.32. The van der Waals surface area contributed by atoms with Gasteiger partial charge in [-0.3, -0.25) is 13.9 Å². The van der Waals surface area contributed by atoms with Crippen LogP contribution < -0.4 is 19.1 Å². The Labute approximate surface area is 253 Å². The second-order valence-corrected chi connectivity index (χ2v) is 12.1. The quantitative estimate of drug-likeness (QED) is 0.250. The molecule has 3 rings (SSSR count). The van der Waals surface area contributed by atoms with Crippen molar-refractivity contribution in [2.24, 2.45) is 0 Å². The first kappa shape index (κ1) is 32.8. The maximum absolute atomic E-state index is 14.1. The topological polar surface area (TPSA) is 105 Å². The SMILES string of the molecule is CCCCNC(=O)[C@@H](C)N(Cc1ccc(C)cc1)C(=O)CN(c1ccc(Cl)cc1)S(=O)(=O)c1ccc(OC)c(OC)c1. The van der Waals surface area contributed by atoms with Gasteiger partial charge in [0.25, 0.3) is 10.0 Å². The summed E-state index contributed by atoms with van der Waals surface area (Å²) in [7, 11) is -1.43. The minimum atomic E-state index is -4.29. The summed E-state index contributed by atoms with van der Waals surface area (Å²) in [5, 5.41) is 3.29. The van der Waals surface area contributed by atoms with E-state index < -0.39 is 28.5 Å². The Morgan fingerprint density at radius 3 is 2.19 bits per heavy atom.